The van der Waals surface area contributed by atoms with E-state index in [0.29, 0.717) is 18.6 Å². The second-order valence-electron chi connectivity index (χ2n) is 12.3. The number of aromatic amines is 1. The molecule has 7 nitrogen and oxygen atoms in total. The van der Waals surface area contributed by atoms with E-state index in [1.807, 2.05) is 0 Å². The number of nitrogens with zero attached hydrogens (tertiary/aromatic N) is 2. The number of ketones is 1. The third kappa shape index (κ3) is 25.0. The van der Waals surface area contributed by atoms with Crippen molar-refractivity contribution < 1.29 is 19.0 Å². The summed E-state index contributed by atoms with van der Waals surface area (Å²) >= 11 is 0. The molecule has 0 bridgehead atoms. The summed E-state index contributed by atoms with van der Waals surface area (Å²) in [7, 11) is 0. The number of hydrogen-bond acceptors (Lipinski definition) is 6. The molecule has 7 heteroatoms. The normalized spacial score (nSPS) is 14.2. The van der Waals surface area contributed by atoms with E-state index in [2.05, 4.69) is 77.5 Å². The lowest BCUT2D eigenvalue weighted by Gasteiger charge is -2.17. The molecular formula is C25H49N3O4. The quantitative estimate of drug-likeness (QED) is 0.532. The van der Waals surface area contributed by atoms with E-state index >= 15 is 0 Å². The maximum absolute atomic E-state index is 10.4. The number of nitrogens with one attached hydrogen (secondary N) is 1. The number of H-pyrrole nitrogens is 1. The first kappa shape index (κ1) is 30.7. The summed E-state index contributed by atoms with van der Waals surface area (Å²) in [6.45, 7) is 24.8. The summed E-state index contributed by atoms with van der Waals surface area (Å²) in [5.74, 6) is 1.77. The summed E-state index contributed by atoms with van der Waals surface area (Å²) in [6, 6.07) is 0. The van der Waals surface area contributed by atoms with Crippen LogP contribution in [-0.2, 0) is 25.6 Å². The largest absolute Gasteiger partial charge is 0.381 e. The third-order valence-corrected chi connectivity index (χ3v) is 3.66. The molecule has 32 heavy (non-hydrogen) atoms. The van der Waals surface area contributed by atoms with Crippen LogP contribution in [0.25, 0.3) is 0 Å². The minimum Gasteiger partial charge on any atom is -0.381 e. The number of aromatic nitrogens is 3. The van der Waals surface area contributed by atoms with Crippen LogP contribution in [0.5, 0.6) is 0 Å². The number of carbonyl (C=O) groups excluding carboxylic acids is 1. The molecule has 0 radical (unpaired) electrons. The standard InChI is InChI=1S/C9H18O.C8H15N3O.C8H16O2/c1-9(2,3)7-10-6-8-4-5-8;1-8(2,3)5-12-4-7-9-6-10-11-7;1-7(9)5-10-6-8(2,3)4/h8H,4-7H2,1-3H3;6H,4-5H2,1-3H3,(H,9,10,11);5-6H2,1-4H3. The summed E-state index contributed by atoms with van der Waals surface area (Å²) in [5, 5.41) is 6.46. The van der Waals surface area contributed by atoms with Gasteiger partial charge in [-0.05, 0) is 41.9 Å². The number of Topliss-reactive ketones (excluding diaryl/α,β-unsaturated/α-hetero) is 1. The Bertz CT molecular complexity index is 592. The highest BCUT2D eigenvalue weighted by Crippen LogP contribution is 2.29. The second kappa shape index (κ2) is 14.8. The topological polar surface area (TPSA) is 86.3 Å². The Morgan fingerprint density at radius 1 is 0.906 bits per heavy atom. The molecule has 0 aromatic carbocycles. The molecular weight excluding hydrogens is 406 g/mol. The predicted octanol–water partition coefficient (Wildman–Crippen LogP) is 5.46. The molecule has 0 spiro atoms. The van der Waals surface area contributed by atoms with E-state index in [0.717, 1.165) is 31.6 Å². The average molecular weight is 456 g/mol. The Balaban J connectivity index is 0.000000454. The molecule has 1 aliphatic carbocycles. The zero-order valence-electron chi connectivity index (χ0n) is 22.3. The van der Waals surface area contributed by atoms with Gasteiger partial charge in [-0.3, -0.25) is 9.89 Å². The van der Waals surface area contributed by atoms with Crippen molar-refractivity contribution in [2.24, 2.45) is 22.2 Å². The van der Waals surface area contributed by atoms with Crippen LogP contribution in [0.4, 0.5) is 0 Å². The van der Waals surface area contributed by atoms with E-state index in [9.17, 15) is 4.79 Å². The van der Waals surface area contributed by atoms with Crippen molar-refractivity contribution in [1.29, 1.82) is 0 Å². The van der Waals surface area contributed by atoms with Gasteiger partial charge in [0.05, 0.1) is 19.8 Å². The molecule has 0 atom stereocenters. The minimum absolute atomic E-state index is 0.0873. The summed E-state index contributed by atoms with van der Waals surface area (Å²) < 4.78 is 16.0. The molecule has 1 heterocycles. The third-order valence-electron chi connectivity index (χ3n) is 3.66. The molecule has 2 rings (SSSR count). The summed E-state index contributed by atoms with van der Waals surface area (Å²) in [6.07, 6.45) is 4.27. The van der Waals surface area contributed by atoms with Gasteiger partial charge in [0, 0.05) is 6.61 Å². The molecule has 1 aliphatic rings. The maximum Gasteiger partial charge on any atom is 0.155 e. The van der Waals surface area contributed by atoms with E-state index in [4.69, 9.17) is 14.2 Å². The van der Waals surface area contributed by atoms with Crippen LogP contribution in [0, 0.1) is 22.2 Å². The van der Waals surface area contributed by atoms with Gasteiger partial charge in [-0.15, -0.1) is 0 Å². The van der Waals surface area contributed by atoms with Crippen LogP contribution < -0.4 is 0 Å². The first-order valence-electron chi connectivity index (χ1n) is 11.6. The van der Waals surface area contributed by atoms with Crippen LogP contribution in [-0.4, -0.2) is 54.0 Å². The number of carbonyl (C=O) groups is 1. The highest BCUT2D eigenvalue weighted by atomic mass is 16.5. The number of hydrogen-bond donors (Lipinski definition) is 1. The lowest BCUT2D eigenvalue weighted by atomic mass is 9.99. The first-order valence-corrected chi connectivity index (χ1v) is 11.6. The van der Waals surface area contributed by atoms with E-state index in [1.165, 1.54) is 26.1 Å². The second-order valence-corrected chi connectivity index (χ2v) is 12.3. The van der Waals surface area contributed by atoms with E-state index < -0.39 is 0 Å². The Kier molecular flexibility index (Phi) is 14.2. The van der Waals surface area contributed by atoms with Crippen molar-refractivity contribution in [3.05, 3.63) is 12.2 Å². The van der Waals surface area contributed by atoms with Gasteiger partial charge >= 0.3 is 0 Å². The van der Waals surface area contributed by atoms with Crippen molar-refractivity contribution in [3.63, 3.8) is 0 Å². The predicted molar refractivity (Wildman–Crippen MR) is 129 cm³/mol. The van der Waals surface area contributed by atoms with E-state index in [1.54, 1.807) is 0 Å². The molecule has 0 amide bonds. The molecule has 1 saturated carbocycles. The smallest absolute Gasteiger partial charge is 0.155 e. The molecule has 1 fully saturated rings. The van der Waals surface area contributed by atoms with Crippen LogP contribution in [0.2, 0.25) is 0 Å². The van der Waals surface area contributed by atoms with E-state index in [-0.39, 0.29) is 23.2 Å². The van der Waals surface area contributed by atoms with Gasteiger partial charge in [-0.1, -0.05) is 62.3 Å². The highest BCUT2D eigenvalue weighted by molar-refractivity contribution is 5.76. The molecule has 1 N–H and O–H groups in total. The fraction of sp³-hybridized carbons (Fsp3) is 0.880. The Morgan fingerprint density at radius 2 is 1.41 bits per heavy atom. The van der Waals surface area contributed by atoms with Gasteiger partial charge in [0.25, 0.3) is 0 Å². The molecule has 1 aromatic rings. The van der Waals surface area contributed by atoms with Gasteiger partial charge in [-0.2, -0.15) is 5.10 Å². The molecule has 188 valence electrons. The van der Waals surface area contributed by atoms with Gasteiger partial charge in [0.1, 0.15) is 25.4 Å². The van der Waals surface area contributed by atoms with Gasteiger partial charge in [0.2, 0.25) is 0 Å². The lowest BCUT2D eigenvalue weighted by Crippen LogP contribution is -2.17. The Labute approximate surface area is 196 Å². The zero-order valence-corrected chi connectivity index (χ0v) is 22.3. The molecule has 0 unspecified atom stereocenters. The number of ether oxygens (including phenoxy) is 3. The highest BCUT2D eigenvalue weighted by Gasteiger charge is 2.22. The van der Waals surface area contributed by atoms with Gasteiger partial charge in [0.15, 0.2) is 5.78 Å². The SMILES string of the molecule is CC(=O)COCC(C)(C)C.CC(C)(C)COCC1CC1.CC(C)(C)COCc1ncn[nH]1. The molecule has 1 aromatic heterocycles. The fourth-order valence-electron chi connectivity index (χ4n) is 2.07. The summed E-state index contributed by atoms with van der Waals surface area (Å²) in [4.78, 5) is 14.3. The van der Waals surface area contributed by atoms with Crippen molar-refractivity contribution >= 4 is 5.78 Å². The lowest BCUT2D eigenvalue weighted by molar-refractivity contribution is -0.122. The monoisotopic (exact) mass is 455 g/mol. The van der Waals surface area contributed by atoms with Crippen LogP contribution in [0.3, 0.4) is 0 Å². The fourth-order valence-corrected chi connectivity index (χ4v) is 2.07. The Morgan fingerprint density at radius 3 is 1.81 bits per heavy atom. The van der Waals surface area contributed by atoms with Crippen LogP contribution in [0.15, 0.2) is 6.33 Å². The van der Waals surface area contributed by atoms with Crippen LogP contribution >= 0.6 is 0 Å². The van der Waals surface area contributed by atoms with Gasteiger partial charge < -0.3 is 14.2 Å². The molecule has 0 aliphatic heterocycles. The van der Waals surface area contributed by atoms with Crippen LogP contribution in [0.1, 0.15) is 87.9 Å². The Hall–Kier alpha value is -1.31. The van der Waals surface area contributed by atoms with Crippen molar-refractivity contribution in [3.8, 4) is 0 Å². The number of rotatable bonds is 9. The zero-order chi connectivity index (χ0) is 24.8. The van der Waals surface area contributed by atoms with Crippen molar-refractivity contribution in [2.45, 2.75) is 88.7 Å². The molecule has 0 saturated heterocycles. The first-order chi connectivity index (χ1) is 14.6. The maximum atomic E-state index is 10.4. The minimum atomic E-state index is 0.0873. The average Bonchev–Trinajstić information content (AvgIpc) is 3.25. The summed E-state index contributed by atoms with van der Waals surface area (Å²) in [5.41, 5.74) is 0.713. The van der Waals surface area contributed by atoms with Crippen molar-refractivity contribution in [2.75, 3.05) is 33.0 Å². The van der Waals surface area contributed by atoms with Gasteiger partial charge in [-0.25, -0.2) is 4.98 Å². The van der Waals surface area contributed by atoms with Crippen molar-refractivity contribution in [1.82, 2.24) is 15.2 Å².